The van der Waals surface area contributed by atoms with Gasteiger partial charge in [0.15, 0.2) is 0 Å². The zero-order valence-corrected chi connectivity index (χ0v) is 7.68. The highest BCUT2D eigenvalue weighted by molar-refractivity contribution is 5.75. The Kier molecular flexibility index (Phi) is 4.86. The molecule has 3 nitrogen and oxygen atoms in total. The molecule has 0 radical (unpaired) electrons. The van der Waals surface area contributed by atoms with Crippen molar-refractivity contribution in [3.63, 3.8) is 0 Å². The number of ether oxygens (including phenoxy) is 1. The molecule has 0 bridgehead atoms. The Labute approximate surface area is 68.1 Å². The molecule has 0 aromatic heterocycles. The van der Waals surface area contributed by atoms with E-state index in [-0.39, 0.29) is 18.1 Å². The van der Waals surface area contributed by atoms with Gasteiger partial charge in [0, 0.05) is 0 Å². The van der Waals surface area contributed by atoms with Crippen molar-refractivity contribution in [1.29, 1.82) is 0 Å². The third-order valence-corrected chi connectivity index (χ3v) is 1.39. The van der Waals surface area contributed by atoms with Crippen molar-refractivity contribution in [2.45, 2.75) is 39.3 Å². The second-order valence-electron chi connectivity index (χ2n) is 2.74. The summed E-state index contributed by atoms with van der Waals surface area (Å²) >= 11 is 0. The molecule has 0 rings (SSSR count). The highest BCUT2D eigenvalue weighted by Gasteiger charge is 2.15. The van der Waals surface area contributed by atoms with Crippen LogP contribution in [0.1, 0.15) is 27.2 Å². The van der Waals surface area contributed by atoms with Crippen LogP contribution in [0.5, 0.6) is 0 Å². The van der Waals surface area contributed by atoms with Gasteiger partial charge >= 0.3 is 5.97 Å². The van der Waals surface area contributed by atoms with E-state index in [2.05, 4.69) is 5.32 Å². The van der Waals surface area contributed by atoms with Crippen LogP contribution in [0.25, 0.3) is 0 Å². The third kappa shape index (κ3) is 3.98. The summed E-state index contributed by atoms with van der Waals surface area (Å²) in [6.45, 7) is 5.64. The molecule has 0 aromatic carbocycles. The lowest BCUT2D eigenvalue weighted by atomic mass is 10.2. The SMILES string of the molecule is CC[C@@H](NC)C(=O)OC(C)C. The smallest absolute Gasteiger partial charge is 0.323 e. The quantitative estimate of drug-likeness (QED) is 0.620. The topological polar surface area (TPSA) is 38.3 Å². The fourth-order valence-corrected chi connectivity index (χ4v) is 0.803. The minimum absolute atomic E-state index is 0.0232. The van der Waals surface area contributed by atoms with E-state index >= 15 is 0 Å². The van der Waals surface area contributed by atoms with Crippen LogP contribution in [0.3, 0.4) is 0 Å². The molecule has 3 heteroatoms. The minimum Gasteiger partial charge on any atom is -0.462 e. The molecule has 0 spiro atoms. The zero-order chi connectivity index (χ0) is 8.85. The first-order valence-corrected chi connectivity index (χ1v) is 3.99. The van der Waals surface area contributed by atoms with Crippen molar-refractivity contribution < 1.29 is 9.53 Å². The van der Waals surface area contributed by atoms with Crippen molar-refractivity contribution in [2.24, 2.45) is 0 Å². The number of carbonyl (C=O) groups is 1. The van der Waals surface area contributed by atoms with E-state index in [1.165, 1.54) is 0 Å². The molecule has 1 atom stereocenters. The Bertz CT molecular complexity index is 119. The molecular formula is C8H17NO2. The molecule has 0 aliphatic heterocycles. The molecule has 0 aliphatic rings. The summed E-state index contributed by atoms with van der Waals surface area (Å²) in [5.41, 5.74) is 0. The van der Waals surface area contributed by atoms with Gasteiger partial charge in [0.1, 0.15) is 6.04 Å². The van der Waals surface area contributed by atoms with Crippen LogP contribution >= 0.6 is 0 Å². The average Bonchev–Trinajstić information content (AvgIpc) is 1.88. The summed E-state index contributed by atoms with van der Waals surface area (Å²) in [7, 11) is 1.76. The van der Waals surface area contributed by atoms with Crippen molar-refractivity contribution in [3.05, 3.63) is 0 Å². The number of carbonyl (C=O) groups excluding carboxylic acids is 1. The Balaban J connectivity index is 3.79. The van der Waals surface area contributed by atoms with Gasteiger partial charge in [-0.3, -0.25) is 4.79 Å². The maximum absolute atomic E-state index is 11.1. The summed E-state index contributed by atoms with van der Waals surface area (Å²) in [6, 6.07) is -0.155. The predicted molar refractivity (Wildman–Crippen MR) is 44.4 cm³/mol. The van der Waals surface area contributed by atoms with Crippen molar-refractivity contribution in [2.75, 3.05) is 7.05 Å². The maximum atomic E-state index is 11.1. The van der Waals surface area contributed by atoms with Crippen molar-refractivity contribution in [3.8, 4) is 0 Å². The van der Waals surface area contributed by atoms with Crippen molar-refractivity contribution >= 4 is 5.97 Å². The van der Waals surface area contributed by atoms with Gasteiger partial charge < -0.3 is 10.1 Å². The van der Waals surface area contributed by atoms with Crippen LogP contribution in [0.2, 0.25) is 0 Å². The lowest BCUT2D eigenvalue weighted by Gasteiger charge is -2.14. The van der Waals surface area contributed by atoms with E-state index in [1.54, 1.807) is 7.05 Å². The summed E-state index contributed by atoms with van der Waals surface area (Å²) < 4.78 is 4.99. The van der Waals surface area contributed by atoms with Crippen LogP contribution < -0.4 is 5.32 Å². The Morgan fingerprint density at radius 2 is 2.09 bits per heavy atom. The number of esters is 1. The van der Waals surface area contributed by atoms with Crippen LogP contribution in [-0.2, 0) is 9.53 Å². The molecule has 0 amide bonds. The Hall–Kier alpha value is -0.570. The van der Waals surface area contributed by atoms with Crippen LogP contribution in [0.15, 0.2) is 0 Å². The standard InChI is InChI=1S/C8H17NO2/c1-5-7(9-4)8(10)11-6(2)3/h6-7,9H,5H2,1-4H3/t7-/m1/s1. The molecule has 11 heavy (non-hydrogen) atoms. The normalized spacial score (nSPS) is 13.2. The first-order valence-electron chi connectivity index (χ1n) is 3.99. The number of hydrogen-bond acceptors (Lipinski definition) is 3. The average molecular weight is 159 g/mol. The van der Waals surface area contributed by atoms with Gasteiger partial charge in [0.2, 0.25) is 0 Å². The third-order valence-electron chi connectivity index (χ3n) is 1.39. The lowest BCUT2D eigenvalue weighted by Crippen LogP contribution is -2.36. The Morgan fingerprint density at radius 3 is 2.36 bits per heavy atom. The molecule has 0 saturated heterocycles. The monoisotopic (exact) mass is 159 g/mol. The fourth-order valence-electron chi connectivity index (χ4n) is 0.803. The Morgan fingerprint density at radius 1 is 1.55 bits per heavy atom. The molecular weight excluding hydrogens is 142 g/mol. The summed E-state index contributed by atoms with van der Waals surface area (Å²) in [5, 5.41) is 2.88. The van der Waals surface area contributed by atoms with Gasteiger partial charge in [-0.25, -0.2) is 0 Å². The molecule has 0 heterocycles. The number of rotatable bonds is 4. The maximum Gasteiger partial charge on any atom is 0.323 e. The van der Waals surface area contributed by atoms with Gasteiger partial charge in [-0.05, 0) is 27.3 Å². The van der Waals surface area contributed by atoms with E-state index in [0.29, 0.717) is 0 Å². The van der Waals surface area contributed by atoms with E-state index < -0.39 is 0 Å². The number of hydrogen-bond donors (Lipinski definition) is 1. The molecule has 1 N–H and O–H groups in total. The van der Waals surface area contributed by atoms with Crippen molar-refractivity contribution in [1.82, 2.24) is 5.32 Å². The fraction of sp³-hybridized carbons (Fsp3) is 0.875. The van der Waals surface area contributed by atoms with Gasteiger partial charge in [0.25, 0.3) is 0 Å². The molecule has 66 valence electrons. The minimum atomic E-state index is -0.162. The second-order valence-corrected chi connectivity index (χ2v) is 2.74. The highest BCUT2D eigenvalue weighted by Crippen LogP contribution is 1.97. The van der Waals surface area contributed by atoms with E-state index in [4.69, 9.17) is 4.74 Å². The number of nitrogens with one attached hydrogen (secondary N) is 1. The summed E-state index contributed by atoms with van der Waals surface area (Å²) in [5.74, 6) is -0.162. The van der Waals surface area contributed by atoms with E-state index in [9.17, 15) is 4.79 Å². The van der Waals surface area contributed by atoms with Crippen LogP contribution in [-0.4, -0.2) is 25.2 Å². The number of likely N-dealkylation sites (N-methyl/N-ethyl adjacent to an activating group) is 1. The van der Waals surface area contributed by atoms with Gasteiger partial charge in [-0.2, -0.15) is 0 Å². The van der Waals surface area contributed by atoms with Crippen LogP contribution in [0, 0.1) is 0 Å². The lowest BCUT2D eigenvalue weighted by molar-refractivity contribution is -0.149. The molecule has 0 unspecified atom stereocenters. The molecule has 0 fully saturated rings. The first-order chi connectivity index (χ1) is 5.11. The van der Waals surface area contributed by atoms with E-state index in [0.717, 1.165) is 6.42 Å². The van der Waals surface area contributed by atoms with Gasteiger partial charge in [-0.15, -0.1) is 0 Å². The first kappa shape index (κ1) is 10.4. The zero-order valence-electron chi connectivity index (χ0n) is 7.68. The predicted octanol–water partition coefficient (Wildman–Crippen LogP) is 0.936. The highest BCUT2D eigenvalue weighted by atomic mass is 16.5. The molecule has 0 aromatic rings. The largest absolute Gasteiger partial charge is 0.462 e. The summed E-state index contributed by atoms with van der Waals surface area (Å²) in [6.07, 6.45) is 0.743. The molecule has 0 aliphatic carbocycles. The van der Waals surface area contributed by atoms with Gasteiger partial charge in [-0.1, -0.05) is 6.92 Å². The van der Waals surface area contributed by atoms with E-state index in [1.807, 2.05) is 20.8 Å². The molecule has 0 saturated carbocycles. The second kappa shape index (κ2) is 5.13. The summed E-state index contributed by atoms with van der Waals surface area (Å²) in [4.78, 5) is 11.1. The van der Waals surface area contributed by atoms with Gasteiger partial charge in [0.05, 0.1) is 6.10 Å². The van der Waals surface area contributed by atoms with Crippen LogP contribution in [0.4, 0.5) is 0 Å².